The second-order valence-corrected chi connectivity index (χ2v) is 15.7. The van der Waals surface area contributed by atoms with Crippen molar-refractivity contribution in [2.45, 2.75) is 63.7 Å². The van der Waals surface area contributed by atoms with Gasteiger partial charge in [0.2, 0.25) is 6.29 Å². The normalized spacial score (nSPS) is 31.7. The van der Waals surface area contributed by atoms with E-state index < -0.39 is 41.1 Å². The summed E-state index contributed by atoms with van der Waals surface area (Å²) in [7, 11) is -4.00. The number of rotatable bonds is 5. The summed E-state index contributed by atoms with van der Waals surface area (Å²) in [5.74, 6) is -3.40. The average molecular weight is 314 g/mol. The molecule has 1 aliphatic rings. The van der Waals surface area contributed by atoms with Crippen molar-refractivity contribution in [1.82, 2.24) is 0 Å². The van der Waals surface area contributed by atoms with E-state index in [1.807, 2.05) is 39.3 Å². The summed E-state index contributed by atoms with van der Waals surface area (Å²) in [6, 6.07) is 0. The van der Waals surface area contributed by atoms with E-state index in [1.165, 1.54) is 0 Å². The van der Waals surface area contributed by atoms with Crippen LogP contribution in [-0.2, 0) is 13.6 Å². The summed E-state index contributed by atoms with van der Waals surface area (Å²) in [6.45, 7) is 11.4. The SMILES string of the molecule is C[Si](C)(C)OC[C@H]1O[C@@H](O)C(F)(F)[C@@H]1O[Si](C)(C)C. The van der Waals surface area contributed by atoms with Crippen LogP contribution in [0.3, 0.4) is 0 Å². The monoisotopic (exact) mass is 314 g/mol. The third-order valence-electron chi connectivity index (χ3n) is 2.51. The first kappa shape index (κ1) is 17.2. The minimum atomic E-state index is -3.40. The molecule has 0 saturated carbocycles. The molecule has 0 radical (unpaired) electrons. The molecule has 0 aliphatic carbocycles. The smallest absolute Gasteiger partial charge is 0.324 e. The quantitative estimate of drug-likeness (QED) is 0.792. The number of aliphatic hydroxyl groups excluding tert-OH is 1. The summed E-state index contributed by atoms with van der Waals surface area (Å²) < 4.78 is 43.8. The van der Waals surface area contributed by atoms with Crippen LogP contribution in [0.4, 0.5) is 8.78 Å². The van der Waals surface area contributed by atoms with E-state index in [0.717, 1.165) is 0 Å². The Labute approximate surface area is 115 Å². The Morgan fingerprint density at radius 2 is 1.63 bits per heavy atom. The number of aliphatic hydroxyl groups is 1. The van der Waals surface area contributed by atoms with Crippen LogP contribution in [-0.4, -0.2) is 52.8 Å². The van der Waals surface area contributed by atoms with Crippen LogP contribution in [0.15, 0.2) is 0 Å². The molecule has 114 valence electrons. The predicted molar refractivity (Wildman–Crippen MR) is 73.3 cm³/mol. The number of ether oxygens (including phenoxy) is 1. The van der Waals surface area contributed by atoms with Crippen molar-refractivity contribution in [1.29, 1.82) is 0 Å². The molecule has 8 heteroatoms. The zero-order valence-electron chi connectivity index (χ0n) is 12.4. The van der Waals surface area contributed by atoms with Gasteiger partial charge in [0.25, 0.3) is 0 Å². The van der Waals surface area contributed by atoms with E-state index in [2.05, 4.69) is 0 Å². The first-order valence-electron chi connectivity index (χ1n) is 6.36. The third kappa shape index (κ3) is 4.87. The second-order valence-electron chi connectivity index (χ2n) is 6.78. The molecule has 0 aromatic heterocycles. The molecule has 3 atom stereocenters. The summed E-state index contributed by atoms with van der Waals surface area (Å²) >= 11 is 0. The molecule has 1 N–H and O–H groups in total. The number of halogens is 2. The van der Waals surface area contributed by atoms with Gasteiger partial charge in [0.05, 0.1) is 6.61 Å². The zero-order chi connectivity index (χ0) is 15.1. The number of alkyl halides is 2. The minimum absolute atomic E-state index is 0.0253. The summed E-state index contributed by atoms with van der Waals surface area (Å²) in [4.78, 5) is 0. The van der Waals surface area contributed by atoms with E-state index in [9.17, 15) is 13.9 Å². The molecule has 19 heavy (non-hydrogen) atoms. The lowest BCUT2D eigenvalue weighted by molar-refractivity contribution is -0.197. The molecular weight excluding hydrogens is 290 g/mol. The third-order valence-corrected chi connectivity index (χ3v) is 4.50. The standard InChI is InChI=1S/C11H24F2O4Si2/c1-18(2,3)15-7-8-9(17-19(4,5)6)11(12,13)10(14)16-8/h8-10,14H,7H2,1-6H3/t8-,9-,10-/m1/s1. The van der Waals surface area contributed by atoms with E-state index in [0.29, 0.717) is 0 Å². The van der Waals surface area contributed by atoms with Gasteiger partial charge in [-0.15, -0.1) is 0 Å². The molecule has 1 saturated heterocycles. The summed E-state index contributed by atoms with van der Waals surface area (Å²) in [6.07, 6.45) is -4.49. The fraction of sp³-hybridized carbons (Fsp3) is 1.00. The second kappa shape index (κ2) is 5.49. The highest BCUT2D eigenvalue weighted by atomic mass is 28.4. The zero-order valence-corrected chi connectivity index (χ0v) is 14.4. The lowest BCUT2D eigenvalue weighted by Crippen LogP contribution is -2.48. The van der Waals surface area contributed by atoms with Gasteiger partial charge in [-0.3, -0.25) is 0 Å². The molecule has 0 bridgehead atoms. The molecule has 0 aromatic carbocycles. The molecule has 1 rings (SSSR count). The molecule has 0 spiro atoms. The van der Waals surface area contributed by atoms with Gasteiger partial charge in [-0.2, -0.15) is 8.78 Å². The number of hydrogen-bond acceptors (Lipinski definition) is 4. The largest absolute Gasteiger partial charge is 0.415 e. The highest BCUT2D eigenvalue weighted by molar-refractivity contribution is 6.70. The van der Waals surface area contributed by atoms with Gasteiger partial charge in [-0.1, -0.05) is 0 Å². The van der Waals surface area contributed by atoms with Crippen molar-refractivity contribution >= 4 is 16.6 Å². The molecule has 1 aliphatic heterocycles. The van der Waals surface area contributed by atoms with E-state index >= 15 is 0 Å². The molecular formula is C11H24F2O4Si2. The Bertz CT molecular complexity index is 315. The van der Waals surface area contributed by atoms with Crippen LogP contribution in [0.5, 0.6) is 0 Å². The lowest BCUT2D eigenvalue weighted by Gasteiger charge is -2.30. The van der Waals surface area contributed by atoms with E-state index in [-0.39, 0.29) is 6.61 Å². The molecule has 0 amide bonds. The molecule has 1 fully saturated rings. The van der Waals surface area contributed by atoms with Gasteiger partial charge in [0, 0.05) is 0 Å². The fourth-order valence-electron chi connectivity index (χ4n) is 1.71. The van der Waals surface area contributed by atoms with Gasteiger partial charge in [-0.25, -0.2) is 0 Å². The highest BCUT2D eigenvalue weighted by Gasteiger charge is 2.60. The van der Waals surface area contributed by atoms with Crippen LogP contribution < -0.4 is 0 Å². The van der Waals surface area contributed by atoms with Gasteiger partial charge in [0.15, 0.2) is 16.6 Å². The minimum Gasteiger partial charge on any atom is -0.415 e. The van der Waals surface area contributed by atoms with Crippen LogP contribution in [0.25, 0.3) is 0 Å². The first-order chi connectivity index (χ1) is 8.33. The fourth-order valence-corrected chi connectivity index (χ4v) is 3.45. The molecule has 0 aromatic rings. The highest BCUT2D eigenvalue weighted by Crippen LogP contribution is 2.38. The number of hydrogen-bond donors (Lipinski definition) is 1. The van der Waals surface area contributed by atoms with E-state index in [1.54, 1.807) is 0 Å². The van der Waals surface area contributed by atoms with Crippen molar-refractivity contribution in [3.63, 3.8) is 0 Å². The maximum absolute atomic E-state index is 13.9. The van der Waals surface area contributed by atoms with Gasteiger partial charge in [0.1, 0.15) is 12.2 Å². The Morgan fingerprint density at radius 1 is 1.11 bits per heavy atom. The maximum atomic E-state index is 13.9. The van der Waals surface area contributed by atoms with Gasteiger partial charge < -0.3 is 18.7 Å². The van der Waals surface area contributed by atoms with Crippen LogP contribution in [0.2, 0.25) is 39.3 Å². The summed E-state index contributed by atoms with van der Waals surface area (Å²) in [5, 5.41) is 9.34. The molecule has 0 unspecified atom stereocenters. The van der Waals surface area contributed by atoms with Crippen LogP contribution in [0.1, 0.15) is 0 Å². The Kier molecular flexibility index (Phi) is 4.97. The Balaban J connectivity index is 2.78. The Hall–Kier alpha value is 0.134. The van der Waals surface area contributed by atoms with Crippen molar-refractivity contribution in [2.24, 2.45) is 0 Å². The van der Waals surface area contributed by atoms with E-state index in [4.69, 9.17) is 13.6 Å². The first-order valence-corrected chi connectivity index (χ1v) is 13.2. The van der Waals surface area contributed by atoms with Gasteiger partial charge in [-0.05, 0) is 39.3 Å². The van der Waals surface area contributed by atoms with Crippen LogP contribution >= 0.6 is 0 Å². The van der Waals surface area contributed by atoms with Gasteiger partial charge >= 0.3 is 5.92 Å². The topological polar surface area (TPSA) is 47.9 Å². The van der Waals surface area contributed by atoms with Crippen LogP contribution in [0, 0.1) is 0 Å². The van der Waals surface area contributed by atoms with Crippen molar-refractivity contribution in [2.75, 3.05) is 6.61 Å². The predicted octanol–water partition coefficient (Wildman–Crippen LogP) is 2.41. The van der Waals surface area contributed by atoms with Crippen molar-refractivity contribution < 1.29 is 27.5 Å². The molecule has 1 heterocycles. The van der Waals surface area contributed by atoms with Crippen molar-refractivity contribution in [3.8, 4) is 0 Å². The lowest BCUT2D eigenvalue weighted by atomic mass is 10.1. The van der Waals surface area contributed by atoms with Crippen molar-refractivity contribution in [3.05, 3.63) is 0 Å². The maximum Gasteiger partial charge on any atom is 0.324 e. The Morgan fingerprint density at radius 3 is 2.05 bits per heavy atom. The average Bonchev–Trinajstić information content (AvgIpc) is 2.36. The summed E-state index contributed by atoms with van der Waals surface area (Å²) in [5.41, 5.74) is 0. The molecule has 4 nitrogen and oxygen atoms in total.